The van der Waals surface area contributed by atoms with Crippen molar-refractivity contribution in [3.8, 4) is 0 Å². The highest BCUT2D eigenvalue weighted by Crippen LogP contribution is 2.22. The Hall–Kier alpha value is -2.21. The Morgan fingerprint density at radius 2 is 2.05 bits per heavy atom. The number of aromatic amines is 1. The van der Waals surface area contributed by atoms with E-state index in [0.29, 0.717) is 10.7 Å². The van der Waals surface area contributed by atoms with E-state index in [4.69, 9.17) is 0 Å². The molecule has 0 aliphatic carbocycles. The van der Waals surface area contributed by atoms with Gasteiger partial charge in [0.2, 0.25) is 0 Å². The number of H-pyrrole nitrogens is 1. The maximum atomic E-state index is 12.2. The first kappa shape index (κ1) is 12.8. The number of carbonyl (C=O) groups is 1. The molecule has 1 aromatic carbocycles. The van der Waals surface area contributed by atoms with E-state index in [2.05, 4.69) is 20.3 Å². The van der Waals surface area contributed by atoms with Crippen molar-refractivity contribution in [2.24, 2.45) is 0 Å². The number of nitrogens with one attached hydrogen (secondary N) is 2. The number of hydrogen-bond acceptors (Lipinski definition) is 4. The molecule has 0 unspecified atom stereocenters. The summed E-state index contributed by atoms with van der Waals surface area (Å²) in [5, 5.41) is 3.46. The molecule has 3 aromatic rings. The Kier molecular flexibility index (Phi) is 3.02. The lowest BCUT2D eigenvalue weighted by Crippen LogP contribution is -2.11. The van der Waals surface area contributed by atoms with Crippen LogP contribution in [0, 0.1) is 20.8 Å². The van der Waals surface area contributed by atoms with Crippen LogP contribution in [0.4, 0.5) is 5.13 Å². The Bertz CT molecular complexity index is 783. The lowest BCUT2D eigenvalue weighted by Gasteiger charge is -2.01. The van der Waals surface area contributed by atoms with Gasteiger partial charge < -0.3 is 4.98 Å². The van der Waals surface area contributed by atoms with Gasteiger partial charge in [-0.05, 0) is 39.0 Å². The fourth-order valence-electron chi connectivity index (χ4n) is 1.97. The molecule has 5 nitrogen and oxygen atoms in total. The highest BCUT2D eigenvalue weighted by molar-refractivity contribution is 7.15. The minimum Gasteiger partial charge on any atom is -0.342 e. The Morgan fingerprint density at radius 1 is 1.25 bits per heavy atom. The van der Waals surface area contributed by atoms with E-state index >= 15 is 0 Å². The molecule has 0 bridgehead atoms. The number of anilines is 1. The van der Waals surface area contributed by atoms with Gasteiger partial charge in [-0.15, -0.1) is 11.3 Å². The molecule has 0 atom stereocenters. The van der Waals surface area contributed by atoms with Crippen molar-refractivity contribution in [3.05, 3.63) is 40.2 Å². The van der Waals surface area contributed by atoms with Gasteiger partial charge in [-0.3, -0.25) is 10.1 Å². The van der Waals surface area contributed by atoms with E-state index < -0.39 is 0 Å². The molecule has 0 saturated carbocycles. The largest absolute Gasteiger partial charge is 0.342 e. The first-order valence-corrected chi connectivity index (χ1v) is 7.06. The number of carbonyl (C=O) groups excluding carboxylic acids is 1. The number of imidazole rings is 1. The van der Waals surface area contributed by atoms with Crippen LogP contribution in [0.15, 0.2) is 18.2 Å². The molecule has 6 heteroatoms. The third-order valence-corrected chi connectivity index (χ3v) is 4.10. The van der Waals surface area contributed by atoms with E-state index in [-0.39, 0.29) is 5.91 Å². The molecule has 2 heterocycles. The number of hydrogen-bond donors (Lipinski definition) is 2. The zero-order valence-corrected chi connectivity index (χ0v) is 12.3. The normalized spacial score (nSPS) is 10.9. The van der Waals surface area contributed by atoms with Crippen LogP contribution in [-0.4, -0.2) is 20.9 Å². The summed E-state index contributed by atoms with van der Waals surface area (Å²) >= 11 is 1.48. The highest BCUT2D eigenvalue weighted by atomic mass is 32.1. The Labute approximate surface area is 120 Å². The monoisotopic (exact) mass is 286 g/mol. The van der Waals surface area contributed by atoms with Crippen LogP contribution in [-0.2, 0) is 0 Å². The number of rotatable bonds is 2. The number of fused-ring (bicyclic) bond motifs is 1. The Morgan fingerprint density at radius 3 is 2.75 bits per heavy atom. The van der Waals surface area contributed by atoms with E-state index in [1.165, 1.54) is 11.3 Å². The molecule has 0 spiro atoms. The number of thiazole rings is 1. The average Bonchev–Trinajstić information content (AvgIpc) is 2.90. The molecule has 2 aromatic heterocycles. The smallest absolute Gasteiger partial charge is 0.257 e. The SMILES string of the molecule is Cc1nc2ccc(C(=O)Nc3nc(C)c(C)s3)cc2[nH]1. The van der Waals surface area contributed by atoms with Gasteiger partial charge in [0.05, 0.1) is 16.7 Å². The molecular weight excluding hydrogens is 272 g/mol. The van der Waals surface area contributed by atoms with E-state index in [1.807, 2.05) is 26.8 Å². The summed E-state index contributed by atoms with van der Waals surface area (Å²) in [6.45, 7) is 5.81. The third-order valence-electron chi connectivity index (χ3n) is 3.11. The van der Waals surface area contributed by atoms with Crippen molar-refractivity contribution in [1.29, 1.82) is 0 Å². The summed E-state index contributed by atoms with van der Waals surface area (Å²) in [6.07, 6.45) is 0. The minimum atomic E-state index is -0.159. The summed E-state index contributed by atoms with van der Waals surface area (Å²) in [4.78, 5) is 25.1. The fourth-order valence-corrected chi connectivity index (χ4v) is 2.78. The predicted molar refractivity (Wildman–Crippen MR) is 80.4 cm³/mol. The van der Waals surface area contributed by atoms with Gasteiger partial charge in [0, 0.05) is 10.4 Å². The van der Waals surface area contributed by atoms with Gasteiger partial charge in [0.15, 0.2) is 5.13 Å². The second kappa shape index (κ2) is 4.72. The van der Waals surface area contributed by atoms with Gasteiger partial charge in [-0.1, -0.05) is 0 Å². The quantitative estimate of drug-likeness (QED) is 0.760. The Balaban J connectivity index is 1.88. The summed E-state index contributed by atoms with van der Waals surface area (Å²) in [7, 11) is 0. The highest BCUT2D eigenvalue weighted by Gasteiger charge is 2.11. The van der Waals surface area contributed by atoms with Gasteiger partial charge in [-0.2, -0.15) is 0 Å². The van der Waals surface area contributed by atoms with Gasteiger partial charge in [0.1, 0.15) is 5.82 Å². The molecule has 0 aliphatic rings. The molecule has 2 N–H and O–H groups in total. The molecule has 0 fully saturated rings. The number of aromatic nitrogens is 3. The second-order valence-corrected chi connectivity index (χ2v) is 5.87. The summed E-state index contributed by atoms with van der Waals surface area (Å²) in [5.74, 6) is 0.677. The number of benzene rings is 1. The van der Waals surface area contributed by atoms with E-state index in [1.54, 1.807) is 12.1 Å². The molecule has 20 heavy (non-hydrogen) atoms. The van der Waals surface area contributed by atoms with E-state index in [9.17, 15) is 4.79 Å². The number of amides is 1. The fraction of sp³-hybridized carbons (Fsp3) is 0.214. The van der Waals surface area contributed by atoms with Crippen molar-refractivity contribution in [3.63, 3.8) is 0 Å². The van der Waals surface area contributed by atoms with Crippen molar-refractivity contribution in [2.75, 3.05) is 5.32 Å². The van der Waals surface area contributed by atoms with Crippen LogP contribution in [0.1, 0.15) is 26.8 Å². The number of aryl methyl sites for hydroxylation is 3. The van der Waals surface area contributed by atoms with Gasteiger partial charge in [-0.25, -0.2) is 9.97 Å². The topological polar surface area (TPSA) is 70.7 Å². The first-order chi connectivity index (χ1) is 9.52. The first-order valence-electron chi connectivity index (χ1n) is 6.24. The second-order valence-electron chi connectivity index (χ2n) is 4.67. The van der Waals surface area contributed by atoms with Gasteiger partial charge in [0.25, 0.3) is 5.91 Å². The van der Waals surface area contributed by atoms with Crippen molar-refractivity contribution in [2.45, 2.75) is 20.8 Å². The van der Waals surface area contributed by atoms with Crippen LogP contribution in [0.25, 0.3) is 11.0 Å². The summed E-state index contributed by atoms with van der Waals surface area (Å²) in [5.41, 5.74) is 3.26. The molecule has 0 radical (unpaired) electrons. The predicted octanol–water partition coefficient (Wildman–Crippen LogP) is 3.20. The molecule has 1 amide bonds. The van der Waals surface area contributed by atoms with Crippen LogP contribution >= 0.6 is 11.3 Å². The minimum absolute atomic E-state index is 0.159. The average molecular weight is 286 g/mol. The molecule has 0 aliphatic heterocycles. The van der Waals surface area contributed by atoms with Crippen molar-refractivity contribution >= 4 is 33.4 Å². The van der Waals surface area contributed by atoms with E-state index in [0.717, 1.165) is 27.4 Å². The zero-order chi connectivity index (χ0) is 14.3. The summed E-state index contributed by atoms with van der Waals surface area (Å²) in [6, 6.07) is 5.41. The van der Waals surface area contributed by atoms with Crippen LogP contribution < -0.4 is 5.32 Å². The van der Waals surface area contributed by atoms with Crippen molar-refractivity contribution in [1.82, 2.24) is 15.0 Å². The maximum Gasteiger partial charge on any atom is 0.257 e. The molecule has 0 saturated heterocycles. The number of nitrogens with zero attached hydrogens (tertiary/aromatic N) is 2. The lowest BCUT2D eigenvalue weighted by molar-refractivity contribution is 0.102. The molecule has 102 valence electrons. The third kappa shape index (κ3) is 2.30. The summed E-state index contributed by atoms with van der Waals surface area (Å²) < 4.78 is 0. The molecular formula is C14H14N4OS. The lowest BCUT2D eigenvalue weighted by atomic mass is 10.2. The van der Waals surface area contributed by atoms with Crippen LogP contribution in [0.5, 0.6) is 0 Å². The van der Waals surface area contributed by atoms with Crippen molar-refractivity contribution < 1.29 is 4.79 Å². The van der Waals surface area contributed by atoms with Crippen LogP contribution in [0.2, 0.25) is 0 Å². The zero-order valence-electron chi connectivity index (χ0n) is 11.4. The molecule has 3 rings (SSSR count). The van der Waals surface area contributed by atoms with Crippen LogP contribution in [0.3, 0.4) is 0 Å². The standard InChI is InChI=1S/C14H14N4OS/c1-7-8(2)20-14(15-7)18-13(19)10-4-5-11-12(6-10)17-9(3)16-11/h4-6H,1-3H3,(H,16,17)(H,15,18,19). The maximum absolute atomic E-state index is 12.2. The van der Waals surface area contributed by atoms with Gasteiger partial charge >= 0.3 is 0 Å².